The number of rotatable bonds is 6. The van der Waals surface area contributed by atoms with Crippen LogP contribution < -0.4 is 5.56 Å². The molecule has 154 valence electrons. The molecule has 0 spiro atoms. The van der Waals surface area contributed by atoms with Crippen molar-refractivity contribution in [2.75, 3.05) is 0 Å². The van der Waals surface area contributed by atoms with E-state index in [0.29, 0.717) is 18.1 Å². The third-order valence-corrected chi connectivity index (χ3v) is 5.33. The van der Waals surface area contributed by atoms with E-state index in [9.17, 15) is 4.79 Å². The summed E-state index contributed by atoms with van der Waals surface area (Å²) in [6.07, 6.45) is 7.00. The second-order valence-corrected chi connectivity index (χ2v) is 7.41. The van der Waals surface area contributed by atoms with Gasteiger partial charge < -0.3 is 4.57 Å². The Morgan fingerprint density at radius 1 is 1.03 bits per heavy atom. The maximum atomic E-state index is 12.6. The fourth-order valence-electron chi connectivity index (χ4n) is 3.87. The molecule has 8 nitrogen and oxygen atoms in total. The monoisotopic (exact) mass is 411 g/mol. The molecular formula is C23H21N7O. The standard InChI is InChI=1S/C23H21N7O/c1-2-5-18-15-29(23-24-12-13-30(23)22(18)31)14-16-8-10-17(11-9-16)19-6-3-4-7-20(19)21-25-27-28-26-21/h3-4,6-13,15H,2,5,14H2,1H3,(H,25,26,27,28). The van der Waals surface area contributed by atoms with Crippen molar-refractivity contribution >= 4 is 5.78 Å². The molecule has 0 fully saturated rings. The molecule has 0 radical (unpaired) electrons. The lowest BCUT2D eigenvalue weighted by atomic mass is 9.98. The topological polar surface area (TPSA) is 93.8 Å². The van der Waals surface area contributed by atoms with Crippen LogP contribution in [0.15, 0.2) is 71.9 Å². The average Bonchev–Trinajstić information content (AvgIpc) is 3.50. The predicted molar refractivity (Wildman–Crippen MR) is 118 cm³/mol. The molecule has 8 heteroatoms. The molecule has 5 rings (SSSR count). The van der Waals surface area contributed by atoms with Crippen molar-refractivity contribution in [1.82, 2.24) is 34.6 Å². The Balaban J connectivity index is 1.48. The second-order valence-electron chi connectivity index (χ2n) is 7.41. The van der Waals surface area contributed by atoms with E-state index in [1.165, 1.54) is 0 Å². The number of tetrazole rings is 1. The average molecular weight is 411 g/mol. The minimum absolute atomic E-state index is 0.0130. The van der Waals surface area contributed by atoms with Crippen LogP contribution >= 0.6 is 0 Å². The van der Waals surface area contributed by atoms with Gasteiger partial charge in [0.05, 0.1) is 6.54 Å². The summed E-state index contributed by atoms with van der Waals surface area (Å²) in [4.78, 5) is 17.0. The van der Waals surface area contributed by atoms with Crippen LogP contribution in [-0.4, -0.2) is 34.6 Å². The molecule has 0 aliphatic heterocycles. The number of aryl methyl sites for hydroxylation is 1. The zero-order chi connectivity index (χ0) is 21.2. The largest absolute Gasteiger partial charge is 0.313 e. The maximum absolute atomic E-state index is 12.6. The van der Waals surface area contributed by atoms with Crippen LogP contribution in [0.1, 0.15) is 24.5 Å². The van der Waals surface area contributed by atoms with E-state index in [-0.39, 0.29) is 5.56 Å². The van der Waals surface area contributed by atoms with Gasteiger partial charge in [-0.05, 0) is 28.3 Å². The van der Waals surface area contributed by atoms with Gasteiger partial charge in [0, 0.05) is 29.7 Å². The third-order valence-electron chi connectivity index (χ3n) is 5.33. The zero-order valence-electron chi connectivity index (χ0n) is 17.1. The van der Waals surface area contributed by atoms with E-state index in [2.05, 4.69) is 56.8 Å². The Labute approximate surface area is 178 Å². The van der Waals surface area contributed by atoms with Gasteiger partial charge in [0.1, 0.15) is 0 Å². The van der Waals surface area contributed by atoms with Crippen LogP contribution in [0.4, 0.5) is 0 Å². The number of nitrogens with zero attached hydrogens (tertiary/aromatic N) is 6. The third kappa shape index (κ3) is 3.52. The summed E-state index contributed by atoms with van der Waals surface area (Å²) in [5.74, 6) is 1.22. The second kappa shape index (κ2) is 7.98. The Bertz CT molecular complexity index is 1380. The number of nitrogens with one attached hydrogen (secondary N) is 1. The van der Waals surface area contributed by atoms with E-state index in [0.717, 1.165) is 40.7 Å². The van der Waals surface area contributed by atoms with Crippen LogP contribution in [0.25, 0.3) is 28.3 Å². The summed E-state index contributed by atoms with van der Waals surface area (Å²) in [5.41, 5.74) is 4.98. The van der Waals surface area contributed by atoms with Crippen LogP contribution in [0.2, 0.25) is 0 Å². The molecule has 2 aromatic carbocycles. The van der Waals surface area contributed by atoms with Gasteiger partial charge in [0.25, 0.3) is 5.56 Å². The molecule has 0 aliphatic rings. The molecule has 3 aromatic heterocycles. The Morgan fingerprint density at radius 3 is 2.58 bits per heavy atom. The highest BCUT2D eigenvalue weighted by Crippen LogP contribution is 2.29. The van der Waals surface area contributed by atoms with E-state index in [4.69, 9.17) is 0 Å². The summed E-state index contributed by atoms with van der Waals surface area (Å²) in [7, 11) is 0. The van der Waals surface area contributed by atoms with E-state index >= 15 is 0 Å². The highest BCUT2D eigenvalue weighted by molar-refractivity contribution is 5.80. The van der Waals surface area contributed by atoms with Gasteiger partial charge in [-0.2, -0.15) is 5.21 Å². The Kier molecular flexibility index (Phi) is 4.87. The van der Waals surface area contributed by atoms with Crippen LogP contribution in [0.3, 0.4) is 0 Å². The van der Waals surface area contributed by atoms with Crippen molar-refractivity contribution in [3.63, 3.8) is 0 Å². The summed E-state index contributed by atoms with van der Waals surface area (Å²) >= 11 is 0. The molecule has 31 heavy (non-hydrogen) atoms. The minimum Gasteiger partial charge on any atom is -0.313 e. The molecule has 0 unspecified atom stereocenters. The lowest BCUT2D eigenvalue weighted by Crippen LogP contribution is -2.22. The fourth-order valence-corrected chi connectivity index (χ4v) is 3.87. The van der Waals surface area contributed by atoms with Crippen molar-refractivity contribution < 1.29 is 0 Å². The number of aromatic nitrogens is 7. The molecule has 0 amide bonds. The van der Waals surface area contributed by atoms with Gasteiger partial charge in [0.2, 0.25) is 11.6 Å². The summed E-state index contributed by atoms with van der Waals surface area (Å²) in [6.45, 7) is 2.71. The number of benzene rings is 2. The van der Waals surface area contributed by atoms with Gasteiger partial charge in [-0.15, -0.1) is 10.2 Å². The lowest BCUT2D eigenvalue weighted by Gasteiger charge is -2.12. The maximum Gasteiger partial charge on any atom is 0.262 e. The SMILES string of the molecule is CCCc1cn(Cc2ccc(-c3ccccc3-c3nn[nH]n3)cc2)c2nccn2c1=O. The van der Waals surface area contributed by atoms with Crippen molar-refractivity contribution in [3.8, 4) is 22.5 Å². The van der Waals surface area contributed by atoms with Gasteiger partial charge >= 0.3 is 0 Å². The molecular weight excluding hydrogens is 390 g/mol. The highest BCUT2D eigenvalue weighted by atomic mass is 16.1. The minimum atomic E-state index is 0.0130. The predicted octanol–water partition coefficient (Wildman–Crippen LogP) is 3.34. The molecule has 0 saturated carbocycles. The van der Waals surface area contributed by atoms with Crippen LogP contribution in [0.5, 0.6) is 0 Å². The molecule has 5 aromatic rings. The highest BCUT2D eigenvalue weighted by Gasteiger charge is 2.12. The molecule has 3 heterocycles. The Morgan fingerprint density at radius 2 is 1.84 bits per heavy atom. The Hall–Kier alpha value is -4.07. The number of aromatic amines is 1. The molecule has 0 atom stereocenters. The van der Waals surface area contributed by atoms with Crippen molar-refractivity contribution in [2.24, 2.45) is 0 Å². The fraction of sp³-hybridized carbons (Fsp3) is 0.174. The summed E-state index contributed by atoms with van der Waals surface area (Å²) in [5, 5.41) is 14.4. The van der Waals surface area contributed by atoms with Gasteiger partial charge in [0.15, 0.2) is 0 Å². The van der Waals surface area contributed by atoms with Crippen molar-refractivity contribution in [1.29, 1.82) is 0 Å². The normalized spacial score (nSPS) is 11.3. The zero-order valence-corrected chi connectivity index (χ0v) is 17.1. The number of hydrogen-bond donors (Lipinski definition) is 1. The number of fused-ring (bicyclic) bond motifs is 1. The summed E-state index contributed by atoms with van der Waals surface area (Å²) in [6, 6.07) is 16.4. The first-order valence-corrected chi connectivity index (χ1v) is 10.2. The number of H-pyrrole nitrogens is 1. The number of hydrogen-bond acceptors (Lipinski definition) is 5. The van der Waals surface area contributed by atoms with Crippen molar-refractivity contribution in [3.05, 3.63) is 88.6 Å². The van der Waals surface area contributed by atoms with Crippen molar-refractivity contribution in [2.45, 2.75) is 26.3 Å². The van der Waals surface area contributed by atoms with Crippen LogP contribution in [0, 0.1) is 0 Å². The first-order chi connectivity index (χ1) is 15.2. The van der Waals surface area contributed by atoms with E-state index in [1.807, 2.05) is 35.0 Å². The van der Waals surface area contributed by atoms with Gasteiger partial charge in [-0.3, -0.25) is 9.20 Å². The van der Waals surface area contributed by atoms with Gasteiger partial charge in [-0.25, -0.2) is 4.98 Å². The molecule has 0 saturated heterocycles. The molecule has 0 bridgehead atoms. The van der Waals surface area contributed by atoms with E-state index < -0.39 is 0 Å². The van der Waals surface area contributed by atoms with E-state index in [1.54, 1.807) is 16.8 Å². The molecule has 0 aliphatic carbocycles. The van der Waals surface area contributed by atoms with Crippen LogP contribution in [-0.2, 0) is 13.0 Å². The molecule has 1 N–H and O–H groups in total. The lowest BCUT2D eigenvalue weighted by molar-refractivity contribution is 0.751. The summed E-state index contributed by atoms with van der Waals surface area (Å²) < 4.78 is 3.66. The van der Waals surface area contributed by atoms with Gasteiger partial charge in [-0.1, -0.05) is 61.9 Å². The smallest absolute Gasteiger partial charge is 0.262 e. The first kappa shape index (κ1) is 18.9. The quantitative estimate of drug-likeness (QED) is 0.462. The number of imidazole rings is 1. The first-order valence-electron chi connectivity index (χ1n) is 10.2.